The molecule has 0 aliphatic carbocycles. The van der Waals surface area contributed by atoms with Gasteiger partial charge in [0.25, 0.3) is 0 Å². The summed E-state index contributed by atoms with van der Waals surface area (Å²) in [6.45, 7) is 4.20. The Morgan fingerprint density at radius 2 is 1.85 bits per heavy atom. The Labute approximate surface area is 79.5 Å². The van der Waals surface area contributed by atoms with Crippen LogP contribution < -0.4 is 9.47 Å². The second-order valence-electron chi connectivity index (χ2n) is 2.98. The Morgan fingerprint density at radius 3 is 2.31 bits per heavy atom. The van der Waals surface area contributed by atoms with Crippen molar-refractivity contribution in [1.82, 2.24) is 0 Å². The third-order valence-corrected chi connectivity index (χ3v) is 2.21. The van der Waals surface area contributed by atoms with E-state index < -0.39 is 0 Å². The number of ether oxygens (including phenoxy) is 2. The first-order valence-electron chi connectivity index (χ1n) is 4.44. The molecule has 2 nitrogen and oxygen atoms in total. The van der Waals surface area contributed by atoms with Crippen LogP contribution in [0.5, 0.6) is 11.5 Å². The van der Waals surface area contributed by atoms with Gasteiger partial charge >= 0.3 is 0 Å². The van der Waals surface area contributed by atoms with Gasteiger partial charge < -0.3 is 9.47 Å². The highest BCUT2D eigenvalue weighted by Gasteiger charge is 2.06. The van der Waals surface area contributed by atoms with Gasteiger partial charge in [0, 0.05) is 6.07 Å². The van der Waals surface area contributed by atoms with E-state index in [9.17, 15) is 0 Å². The van der Waals surface area contributed by atoms with Crippen molar-refractivity contribution in [2.75, 3.05) is 14.2 Å². The Kier molecular flexibility index (Phi) is 3.18. The zero-order valence-electron chi connectivity index (χ0n) is 8.68. The topological polar surface area (TPSA) is 18.5 Å². The molecule has 72 valence electrons. The van der Waals surface area contributed by atoms with Crippen molar-refractivity contribution in [3.05, 3.63) is 23.3 Å². The molecule has 13 heavy (non-hydrogen) atoms. The van der Waals surface area contributed by atoms with E-state index >= 15 is 0 Å². The van der Waals surface area contributed by atoms with Gasteiger partial charge in [0.15, 0.2) is 0 Å². The minimum absolute atomic E-state index is 0.853. The first-order valence-corrected chi connectivity index (χ1v) is 4.44. The summed E-state index contributed by atoms with van der Waals surface area (Å²) in [5, 5.41) is 0. The molecule has 0 aliphatic heterocycles. The number of rotatable bonds is 3. The molecule has 0 radical (unpaired) electrons. The molecular weight excluding hydrogens is 164 g/mol. The maximum atomic E-state index is 5.28. The van der Waals surface area contributed by atoms with Gasteiger partial charge in [0.2, 0.25) is 0 Å². The zero-order valence-corrected chi connectivity index (χ0v) is 8.68. The highest BCUT2D eigenvalue weighted by atomic mass is 16.5. The van der Waals surface area contributed by atoms with Crippen molar-refractivity contribution in [1.29, 1.82) is 0 Å². The molecule has 0 amide bonds. The second-order valence-corrected chi connectivity index (χ2v) is 2.98. The molecule has 0 saturated carbocycles. The van der Waals surface area contributed by atoms with E-state index in [0.717, 1.165) is 17.9 Å². The summed E-state index contributed by atoms with van der Waals surface area (Å²) in [7, 11) is 3.35. The molecule has 0 fully saturated rings. The number of methoxy groups -OCH3 is 2. The van der Waals surface area contributed by atoms with E-state index in [-0.39, 0.29) is 0 Å². The number of benzene rings is 1. The molecule has 0 atom stereocenters. The van der Waals surface area contributed by atoms with E-state index in [1.807, 2.05) is 12.1 Å². The fourth-order valence-corrected chi connectivity index (χ4v) is 1.51. The van der Waals surface area contributed by atoms with Gasteiger partial charge in [-0.3, -0.25) is 0 Å². The monoisotopic (exact) mass is 180 g/mol. The van der Waals surface area contributed by atoms with Crippen LogP contribution in [0.15, 0.2) is 12.1 Å². The fourth-order valence-electron chi connectivity index (χ4n) is 1.51. The third-order valence-electron chi connectivity index (χ3n) is 2.21. The largest absolute Gasteiger partial charge is 0.497 e. The molecule has 1 rings (SSSR count). The Balaban J connectivity index is 3.20. The van der Waals surface area contributed by atoms with Crippen LogP contribution in [0, 0.1) is 6.92 Å². The summed E-state index contributed by atoms with van der Waals surface area (Å²) in [5.41, 5.74) is 2.47. The van der Waals surface area contributed by atoms with Crippen LogP contribution in [0.2, 0.25) is 0 Å². The number of hydrogen-bond acceptors (Lipinski definition) is 2. The normalized spacial score (nSPS) is 9.85. The summed E-state index contributed by atoms with van der Waals surface area (Å²) in [4.78, 5) is 0. The highest BCUT2D eigenvalue weighted by molar-refractivity contribution is 5.46. The van der Waals surface area contributed by atoms with Gasteiger partial charge in [0.05, 0.1) is 14.2 Å². The van der Waals surface area contributed by atoms with Gasteiger partial charge in [0.1, 0.15) is 11.5 Å². The van der Waals surface area contributed by atoms with Crippen LogP contribution in [-0.2, 0) is 6.42 Å². The molecule has 0 bridgehead atoms. The third kappa shape index (κ3) is 1.94. The lowest BCUT2D eigenvalue weighted by molar-refractivity contribution is 0.390. The summed E-state index contributed by atoms with van der Waals surface area (Å²) in [6.07, 6.45) is 0.985. The van der Waals surface area contributed by atoms with Crippen molar-refractivity contribution < 1.29 is 9.47 Å². The summed E-state index contributed by atoms with van der Waals surface area (Å²) < 4.78 is 10.4. The van der Waals surface area contributed by atoms with E-state index in [1.54, 1.807) is 14.2 Å². The summed E-state index contributed by atoms with van der Waals surface area (Å²) >= 11 is 0. The summed E-state index contributed by atoms with van der Waals surface area (Å²) in [6, 6.07) is 3.95. The minimum Gasteiger partial charge on any atom is -0.497 e. The van der Waals surface area contributed by atoms with Crippen LogP contribution in [0.25, 0.3) is 0 Å². The summed E-state index contributed by atoms with van der Waals surface area (Å²) in [5.74, 6) is 1.77. The van der Waals surface area contributed by atoms with E-state index in [4.69, 9.17) is 9.47 Å². The van der Waals surface area contributed by atoms with Crippen molar-refractivity contribution >= 4 is 0 Å². The SMILES string of the molecule is CCc1c(C)cc(OC)cc1OC. The van der Waals surface area contributed by atoms with Crippen molar-refractivity contribution in [3.8, 4) is 11.5 Å². The number of aryl methyl sites for hydroxylation is 1. The van der Waals surface area contributed by atoms with Gasteiger partial charge in [-0.15, -0.1) is 0 Å². The maximum absolute atomic E-state index is 5.28. The molecule has 0 aliphatic rings. The molecule has 1 aromatic rings. The van der Waals surface area contributed by atoms with Gasteiger partial charge in [-0.25, -0.2) is 0 Å². The van der Waals surface area contributed by atoms with Crippen LogP contribution in [0.4, 0.5) is 0 Å². The molecule has 0 N–H and O–H groups in total. The van der Waals surface area contributed by atoms with Crippen molar-refractivity contribution in [3.63, 3.8) is 0 Å². The molecule has 0 saturated heterocycles. The average Bonchev–Trinajstić information content (AvgIpc) is 2.16. The van der Waals surface area contributed by atoms with Gasteiger partial charge in [-0.2, -0.15) is 0 Å². The van der Waals surface area contributed by atoms with Crippen molar-refractivity contribution in [2.45, 2.75) is 20.3 Å². The minimum atomic E-state index is 0.853. The van der Waals surface area contributed by atoms with E-state index in [2.05, 4.69) is 13.8 Å². The smallest absolute Gasteiger partial charge is 0.125 e. The Morgan fingerprint density at radius 1 is 1.15 bits per heavy atom. The van der Waals surface area contributed by atoms with Crippen molar-refractivity contribution in [2.24, 2.45) is 0 Å². The van der Waals surface area contributed by atoms with E-state index in [1.165, 1.54) is 11.1 Å². The molecule has 0 spiro atoms. The highest BCUT2D eigenvalue weighted by Crippen LogP contribution is 2.28. The van der Waals surface area contributed by atoms with E-state index in [0.29, 0.717) is 0 Å². The first kappa shape index (κ1) is 9.90. The first-order chi connectivity index (χ1) is 6.22. The maximum Gasteiger partial charge on any atom is 0.125 e. The average molecular weight is 180 g/mol. The standard InChI is InChI=1S/C11H16O2/c1-5-10-8(2)6-9(12-3)7-11(10)13-4/h6-7H,5H2,1-4H3. The van der Waals surface area contributed by atoms with Crippen LogP contribution in [0.1, 0.15) is 18.1 Å². The molecule has 1 aromatic carbocycles. The lowest BCUT2D eigenvalue weighted by Crippen LogP contribution is -1.95. The molecule has 0 aromatic heterocycles. The van der Waals surface area contributed by atoms with Crippen LogP contribution >= 0.6 is 0 Å². The molecule has 0 unspecified atom stereocenters. The van der Waals surface area contributed by atoms with Crippen LogP contribution in [0.3, 0.4) is 0 Å². The Hall–Kier alpha value is -1.18. The lowest BCUT2D eigenvalue weighted by atomic mass is 10.0. The van der Waals surface area contributed by atoms with Crippen LogP contribution in [-0.4, -0.2) is 14.2 Å². The Bertz CT molecular complexity index is 292. The predicted molar refractivity (Wildman–Crippen MR) is 53.7 cm³/mol. The number of hydrogen-bond donors (Lipinski definition) is 0. The predicted octanol–water partition coefficient (Wildman–Crippen LogP) is 2.57. The molecule has 0 heterocycles. The quantitative estimate of drug-likeness (QED) is 0.711. The fraction of sp³-hybridized carbons (Fsp3) is 0.455. The second kappa shape index (κ2) is 4.17. The molecule has 2 heteroatoms. The molecular formula is C11H16O2. The lowest BCUT2D eigenvalue weighted by Gasteiger charge is -2.11. The zero-order chi connectivity index (χ0) is 9.84. The van der Waals surface area contributed by atoms with Gasteiger partial charge in [-0.1, -0.05) is 6.92 Å². The van der Waals surface area contributed by atoms with Gasteiger partial charge in [-0.05, 0) is 30.5 Å².